The average molecular weight is 405 g/mol. The minimum absolute atomic E-state index is 0.0930. The van der Waals surface area contributed by atoms with Gasteiger partial charge < -0.3 is 11.1 Å². The molecule has 3 rings (SSSR count). The van der Waals surface area contributed by atoms with E-state index in [1.165, 1.54) is 12.1 Å². The number of nitrogens with one attached hydrogen (secondary N) is 1. The van der Waals surface area contributed by atoms with Gasteiger partial charge in [0.2, 0.25) is 0 Å². The highest BCUT2D eigenvalue weighted by molar-refractivity contribution is 6.05. The third kappa shape index (κ3) is 5.22. The van der Waals surface area contributed by atoms with E-state index in [1.54, 1.807) is 31.2 Å². The summed E-state index contributed by atoms with van der Waals surface area (Å²) < 4.78 is 52.5. The van der Waals surface area contributed by atoms with E-state index in [2.05, 4.69) is 10.3 Å². The fraction of sp³-hybridized carbons (Fsp3) is 0.238. The number of aliphatic imine (C=N–C) groups is 1. The van der Waals surface area contributed by atoms with E-state index in [1.807, 2.05) is 0 Å². The van der Waals surface area contributed by atoms with Crippen LogP contribution in [0.15, 0.2) is 59.2 Å². The highest BCUT2D eigenvalue weighted by Gasteiger charge is 2.34. The molecule has 3 N–H and O–H groups in total. The van der Waals surface area contributed by atoms with Gasteiger partial charge in [-0.15, -0.1) is 0 Å². The largest absolute Gasteiger partial charge is 0.430 e. The lowest BCUT2D eigenvalue weighted by Gasteiger charge is -2.09. The SMILES string of the molecule is Cc1ccccc1C(=O)Nc1ccc(N=C(C=C(N)C(F)(F)F)C2CC2)c(F)c1. The predicted molar refractivity (Wildman–Crippen MR) is 104 cm³/mol. The van der Waals surface area contributed by atoms with Gasteiger partial charge in [0.25, 0.3) is 5.91 Å². The van der Waals surface area contributed by atoms with Crippen LogP contribution in [0.25, 0.3) is 0 Å². The van der Waals surface area contributed by atoms with E-state index in [9.17, 15) is 22.4 Å². The van der Waals surface area contributed by atoms with Crippen molar-refractivity contribution in [1.82, 2.24) is 0 Å². The van der Waals surface area contributed by atoms with Crippen LogP contribution < -0.4 is 11.1 Å². The molecule has 152 valence electrons. The smallest absolute Gasteiger partial charge is 0.395 e. The van der Waals surface area contributed by atoms with Crippen molar-refractivity contribution >= 4 is 23.0 Å². The third-order valence-corrected chi connectivity index (χ3v) is 4.47. The van der Waals surface area contributed by atoms with Gasteiger partial charge in [0.15, 0.2) is 5.82 Å². The van der Waals surface area contributed by atoms with Crippen LogP contribution >= 0.6 is 0 Å². The van der Waals surface area contributed by atoms with Crippen LogP contribution in [0.5, 0.6) is 0 Å². The van der Waals surface area contributed by atoms with E-state index in [0.717, 1.165) is 17.7 Å². The number of benzene rings is 2. The summed E-state index contributed by atoms with van der Waals surface area (Å²) in [6, 6.07) is 10.8. The summed E-state index contributed by atoms with van der Waals surface area (Å²) in [5, 5.41) is 2.60. The molecule has 1 amide bonds. The molecule has 4 nitrogen and oxygen atoms in total. The Hall–Kier alpha value is -3.16. The molecule has 2 aromatic carbocycles. The first-order valence-corrected chi connectivity index (χ1v) is 8.94. The maximum atomic E-state index is 14.5. The Balaban J connectivity index is 1.82. The van der Waals surface area contributed by atoms with Crippen LogP contribution in [0.1, 0.15) is 28.8 Å². The molecule has 0 heterocycles. The van der Waals surface area contributed by atoms with Crippen molar-refractivity contribution < 1.29 is 22.4 Å². The van der Waals surface area contributed by atoms with Crippen molar-refractivity contribution in [2.45, 2.75) is 25.9 Å². The Morgan fingerprint density at radius 3 is 2.48 bits per heavy atom. The zero-order valence-corrected chi connectivity index (χ0v) is 15.6. The van der Waals surface area contributed by atoms with E-state index >= 15 is 0 Å². The number of halogens is 4. The molecule has 0 radical (unpaired) electrons. The predicted octanol–water partition coefficient (Wildman–Crippen LogP) is 5.27. The summed E-state index contributed by atoms with van der Waals surface area (Å²) >= 11 is 0. The minimum Gasteiger partial charge on any atom is -0.395 e. The van der Waals surface area contributed by atoms with Gasteiger partial charge in [-0.3, -0.25) is 9.79 Å². The number of aryl methyl sites for hydroxylation is 1. The molecular weight excluding hydrogens is 386 g/mol. The highest BCUT2D eigenvalue weighted by atomic mass is 19.4. The van der Waals surface area contributed by atoms with Crippen molar-refractivity contribution in [2.24, 2.45) is 16.6 Å². The van der Waals surface area contributed by atoms with Gasteiger partial charge in [-0.25, -0.2) is 4.39 Å². The van der Waals surface area contributed by atoms with Crippen molar-refractivity contribution in [2.75, 3.05) is 5.32 Å². The van der Waals surface area contributed by atoms with Gasteiger partial charge in [0, 0.05) is 22.9 Å². The number of allylic oxidation sites excluding steroid dienone is 2. The highest BCUT2D eigenvalue weighted by Crippen LogP contribution is 2.35. The first-order chi connectivity index (χ1) is 13.6. The number of hydrogen-bond acceptors (Lipinski definition) is 3. The number of nitrogens with zero attached hydrogens (tertiary/aromatic N) is 1. The normalized spacial score (nSPS) is 15.3. The second kappa shape index (κ2) is 8.06. The van der Waals surface area contributed by atoms with Crippen LogP contribution in [0.3, 0.4) is 0 Å². The lowest BCUT2D eigenvalue weighted by atomic mass is 10.1. The molecule has 2 aromatic rings. The van der Waals surface area contributed by atoms with Crippen LogP contribution in [0.4, 0.5) is 28.9 Å². The average Bonchev–Trinajstić information content (AvgIpc) is 3.47. The number of anilines is 1. The van der Waals surface area contributed by atoms with Crippen LogP contribution in [0, 0.1) is 18.7 Å². The number of amides is 1. The van der Waals surface area contributed by atoms with Gasteiger partial charge >= 0.3 is 6.18 Å². The second-order valence-corrected chi connectivity index (χ2v) is 6.84. The molecule has 1 aliphatic rings. The third-order valence-electron chi connectivity index (χ3n) is 4.47. The molecule has 0 saturated heterocycles. The first-order valence-electron chi connectivity index (χ1n) is 8.94. The molecular formula is C21H19F4N3O. The molecule has 0 bridgehead atoms. The Bertz CT molecular complexity index is 992. The molecule has 0 aromatic heterocycles. The lowest BCUT2D eigenvalue weighted by molar-refractivity contribution is -0.0925. The molecule has 1 saturated carbocycles. The minimum atomic E-state index is -4.67. The van der Waals surface area contributed by atoms with E-state index in [-0.39, 0.29) is 23.0 Å². The fourth-order valence-corrected chi connectivity index (χ4v) is 2.70. The molecule has 8 heteroatoms. The van der Waals surface area contributed by atoms with Gasteiger partial charge in [0.05, 0.1) is 5.69 Å². The molecule has 0 unspecified atom stereocenters. The molecule has 29 heavy (non-hydrogen) atoms. The lowest BCUT2D eigenvalue weighted by Crippen LogP contribution is -2.21. The molecule has 0 atom stereocenters. The van der Waals surface area contributed by atoms with Crippen LogP contribution in [0.2, 0.25) is 0 Å². The number of rotatable bonds is 5. The zero-order valence-electron chi connectivity index (χ0n) is 15.6. The van der Waals surface area contributed by atoms with Crippen LogP contribution in [-0.4, -0.2) is 17.8 Å². The Kier molecular flexibility index (Phi) is 5.72. The van der Waals surface area contributed by atoms with Crippen molar-refractivity contribution in [1.29, 1.82) is 0 Å². The van der Waals surface area contributed by atoms with Gasteiger partial charge in [-0.1, -0.05) is 18.2 Å². The standard InChI is InChI=1S/C21H19F4N3O/c1-12-4-2-3-5-15(12)20(29)27-14-8-9-17(16(22)10-14)28-18(13-6-7-13)11-19(26)21(23,24)25/h2-5,8-11,13H,6-7,26H2,1H3,(H,27,29). The number of hydrogen-bond donors (Lipinski definition) is 2. The molecule has 1 fully saturated rings. The summed E-state index contributed by atoms with van der Waals surface area (Å²) in [6.07, 6.45) is -2.57. The second-order valence-electron chi connectivity index (χ2n) is 6.84. The zero-order chi connectivity index (χ0) is 21.2. The number of alkyl halides is 3. The first kappa shape index (κ1) is 20.6. The summed E-state index contributed by atoms with van der Waals surface area (Å²) in [5.74, 6) is -1.32. The van der Waals surface area contributed by atoms with Crippen LogP contribution in [-0.2, 0) is 0 Å². The van der Waals surface area contributed by atoms with Crippen molar-refractivity contribution in [3.8, 4) is 0 Å². The quantitative estimate of drug-likeness (QED) is 0.525. The Morgan fingerprint density at radius 2 is 1.90 bits per heavy atom. The summed E-state index contributed by atoms with van der Waals surface area (Å²) in [7, 11) is 0. The number of carbonyl (C=O) groups excluding carboxylic acids is 1. The maximum Gasteiger partial charge on any atom is 0.430 e. The Labute approximate surface area is 165 Å². The summed E-state index contributed by atoms with van der Waals surface area (Å²) in [6.45, 7) is 1.78. The monoisotopic (exact) mass is 405 g/mol. The number of carbonyl (C=O) groups is 1. The summed E-state index contributed by atoms with van der Waals surface area (Å²) in [5.41, 5.74) is 5.22. The van der Waals surface area contributed by atoms with E-state index in [0.29, 0.717) is 18.4 Å². The van der Waals surface area contributed by atoms with Crippen molar-refractivity contribution in [3.63, 3.8) is 0 Å². The molecule has 0 spiro atoms. The molecule has 1 aliphatic carbocycles. The number of nitrogens with two attached hydrogens (primary N) is 1. The maximum absolute atomic E-state index is 14.5. The topological polar surface area (TPSA) is 67.5 Å². The van der Waals surface area contributed by atoms with E-state index < -0.39 is 23.6 Å². The van der Waals surface area contributed by atoms with Gasteiger partial charge in [-0.2, -0.15) is 13.2 Å². The fourth-order valence-electron chi connectivity index (χ4n) is 2.70. The van der Waals surface area contributed by atoms with Gasteiger partial charge in [0.1, 0.15) is 5.70 Å². The van der Waals surface area contributed by atoms with E-state index in [4.69, 9.17) is 5.73 Å². The van der Waals surface area contributed by atoms with Crippen molar-refractivity contribution in [3.05, 3.63) is 71.2 Å². The van der Waals surface area contributed by atoms with Gasteiger partial charge in [-0.05, 0) is 55.7 Å². The molecule has 0 aliphatic heterocycles. The Morgan fingerprint density at radius 1 is 1.21 bits per heavy atom. The summed E-state index contributed by atoms with van der Waals surface area (Å²) in [4.78, 5) is 16.4.